The van der Waals surface area contributed by atoms with Crippen LogP contribution in [0.4, 0.5) is 0 Å². The maximum absolute atomic E-state index is 9.87. The highest BCUT2D eigenvalue weighted by Crippen LogP contribution is 2.22. The summed E-state index contributed by atoms with van der Waals surface area (Å²) in [6.45, 7) is 6.46. The molecule has 0 bridgehead atoms. The number of unbranched alkanes of at least 4 members (excludes halogenated alkanes) is 1. The largest absolute Gasteiger partial charge is 0.393 e. The van der Waals surface area contributed by atoms with E-state index in [1.165, 1.54) is 11.1 Å². The van der Waals surface area contributed by atoms with Gasteiger partial charge in [-0.3, -0.25) is 0 Å². The van der Waals surface area contributed by atoms with Gasteiger partial charge in [-0.05, 0) is 31.2 Å². The van der Waals surface area contributed by atoms with E-state index in [-0.39, 0.29) is 6.10 Å². The minimum atomic E-state index is -0.142. The van der Waals surface area contributed by atoms with Crippen LogP contribution in [-0.4, -0.2) is 11.2 Å². The summed E-state index contributed by atoms with van der Waals surface area (Å²) in [7, 11) is 0. The molecule has 1 aromatic rings. The van der Waals surface area contributed by atoms with Gasteiger partial charge in [0.25, 0.3) is 0 Å². The lowest BCUT2D eigenvalue weighted by Gasteiger charge is -2.16. The summed E-state index contributed by atoms with van der Waals surface area (Å²) in [6.07, 6.45) is 3.96. The molecule has 0 aliphatic heterocycles. The maximum atomic E-state index is 9.87. The summed E-state index contributed by atoms with van der Waals surface area (Å²) in [4.78, 5) is 0. The minimum absolute atomic E-state index is 0.142. The van der Waals surface area contributed by atoms with Crippen LogP contribution in [0.3, 0.4) is 0 Å². The van der Waals surface area contributed by atoms with Gasteiger partial charge in [-0.25, -0.2) is 0 Å². The lowest BCUT2D eigenvalue weighted by Crippen LogP contribution is -2.10. The van der Waals surface area contributed by atoms with E-state index in [9.17, 15) is 5.11 Å². The van der Waals surface area contributed by atoms with Gasteiger partial charge in [0.15, 0.2) is 0 Å². The number of aryl methyl sites for hydroxylation is 1. The molecular weight excluding hydrogens is 196 g/mol. The van der Waals surface area contributed by atoms with Gasteiger partial charge in [0.1, 0.15) is 0 Å². The molecule has 0 saturated carbocycles. The van der Waals surface area contributed by atoms with Gasteiger partial charge < -0.3 is 5.11 Å². The van der Waals surface area contributed by atoms with Crippen molar-refractivity contribution in [1.29, 1.82) is 0 Å². The van der Waals surface area contributed by atoms with Crippen LogP contribution in [0.1, 0.15) is 56.6 Å². The van der Waals surface area contributed by atoms with Crippen LogP contribution < -0.4 is 0 Å². The first-order valence-corrected chi connectivity index (χ1v) is 6.38. The van der Waals surface area contributed by atoms with Crippen molar-refractivity contribution in [3.05, 3.63) is 35.4 Å². The molecule has 2 atom stereocenters. The molecule has 0 spiro atoms. The molecule has 0 aliphatic rings. The van der Waals surface area contributed by atoms with Gasteiger partial charge in [-0.1, -0.05) is 56.5 Å². The number of rotatable bonds is 6. The molecule has 2 unspecified atom stereocenters. The van der Waals surface area contributed by atoms with Crippen molar-refractivity contribution in [3.63, 3.8) is 0 Å². The molecule has 90 valence electrons. The predicted molar refractivity (Wildman–Crippen MR) is 69.7 cm³/mol. The average molecular weight is 220 g/mol. The molecule has 1 rings (SSSR count). The fourth-order valence-electron chi connectivity index (χ4n) is 2.00. The molecule has 1 nitrogen and oxygen atoms in total. The van der Waals surface area contributed by atoms with Crippen LogP contribution in [0.2, 0.25) is 0 Å². The van der Waals surface area contributed by atoms with Crippen molar-refractivity contribution < 1.29 is 5.11 Å². The van der Waals surface area contributed by atoms with Gasteiger partial charge in [-0.15, -0.1) is 0 Å². The Morgan fingerprint density at radius 3 is 2.38 bits per heavy atom. The SMILES string of the molecule is CCCCC(O)CC(C)c1ccc(C)cc1. The fraction of sp³-hybridized carbons (Fsp3) is 0.600. The normalized spacial score (nSPS) is 14.8. The Kier molecular flexibility index (Phi) is 5.54. The van der Waals surface area contributed by atoms with E-state index in [0.29, 0.717) is 5.92 Å². The Balaban J connectivity index is 2.45. The van der Waals surface area contributed by atoms with Crippen molar-refractivity contribution in [1.82, 2.24) is 0 Å². The third kappa shape index (κ3) is 4.36. The smallest absolute Gasteiger partial charge is 0.0546 e. The highest BCUT2D eigenvalue weighted by atomic mass is 16.3. The molecule has 16 heavy (non-hydrogen) atoms. The average Bonchev–Trinajstić information content (AvgIpc) is 2.27. The van der Waals surface area contributed by atoms with Gasteiger partial charge in [0.05, 0.1) is 6.10 Å². The van der Waals surface area contributed by atoms with Crippen LogP contribution in [0, 0.1) is 6.92 Å². The number of hydrogen-bond acceptors (Lipinski definition) is 1. The van der Waals surface area contributed by atoms with Crippen LogP contribution in [0.15, 0.2) is 24.3 Å². The zero-order valence-electron chi connectivity index (χ0n) is 10.7. The highest BCUT2D eigenvalue weighted by Gasteiger charge is 2.11. The Bertz CT molecular complexity index is 289. The molecule has 0 saturated heterocycles. The van der Waals surface area contributed by atoms with Crippen molar-refractivity contribution in [2.24, 2.45) is 0 Å². The van der Waals surface area contributed by atoms with Crippen LogP contribution in [0.5, 0.6) is 0 Å². The summed E-state index contributed by atoms with van der Waals surface area (Å²) in [6, 6.07) is 8.63. The zero-order chi connectivity index (χ0) is 12.0. The molecule has 0 fully saturated rings. The second kappa shape index (κ2) is 6.70. The topological polar surface area (TPSA) is 20.2 Å². The quantitative estimate of drug-likeness (QED) is 0.767. The summed E-state index contributed by atoms with van der Waals surface area (Å²) < 4.78 is 0. The lowest BCUT2D eigenvalue weighted by molar-refractivity contribution is 0.144. The Labute approximate surface area is 99.5 Å². The first kappa shape index (κ1) is 13.2. The standard InChI is InChI=1S/C15H24O/c1-4-5-6-15(16)11-13(3)14-9-7-12(2)8-10-14/h7-10,13,15-16H,4-6,11H2,1-3H3. The van der Waals surface area contributed by atoms with Crippen molar-refractivity contribution in [2.45, 2.75) is 58.5 Å². The van der Waals surface area contributed by atoms with E-state index in [1.54, 1.807) is 0 Å². The molecule has 0 heterocycles. The van der Waals surface area contributed by atoms with Crippen LogP contribution in [0.25, 0.3) is 0 Å². The van der Waals surface area contributed by atoms with Gasteiger partial charge in [-0.2, -0.15) is 0 Å². The number of aliphatic hydroxyl groups excluding tert-OH is 1. The van der Waals surface area contributed by atoms with Crippen molar-refractivity contribution in [3.8, 4) is 0 Å². The fourth-order valence-corrected chi connectivity index (χ4v) is 2.00. The number of aliphatic hydroxyl groups is 1. The molecular formula is C15H24O. The van der Waals surface area contributed by atoms with Crippen molar-refractivity contribution in [2.75, 3.05) is 0 Å². The summed E-state index contributed by atoms with van der Waals surface area (Å²) >= 11 is 0. The van der Waals surface area contributed by atoms with Crippen LogP contribution >= 0.6 is 0 Å². The van der Waals surface area contributed by atoms with E-state index >= 15 is 0 Å². The van der Waals surface area contributed by atoms with E-state index in [0.717, 1.165) is 25.7 Å². The molecule has 1 N–H and O–H groups in total. The van der Waals surface area contributed by atoms with E-state index < -0.39 is 0 Å². The van der Waals surface area contributed by atoms with Gasteiger partial charge in [0.2, 0.25) is 0 Å². The highest BCUT2D eigenvalue weighted by molar-refractivity contribution is 5.24. The van der Waals surface area contributed by atoms with E-state index in [4.69, 9.17) is 0 Å². The summed E-state index contributed by atoms with van der Waals surface area (Å²) in [5.74, 6) is 0.451. The van der Waals surface area contributed by atoms with E-state index in [1.807, 2.05) is 0 Å². The van der Waals surface area contributed by atoms with Crippen LogP contribution in [-0.2, 0) is 0 Å². The number of benzene rings is 1. The second-order valence-corrected chi connectivity index (χ2v) is 4.84. The third-order valence-corrected chi connectivity index (χ3v) is 3.16. The Morgan fingerprint density at radius 2 is 1.81 bits per heavy atom. The third-order valence-electron chi connectivity index (χ3n) is 3.16. The molecule has 0 radical (unpaired) electrons. The lowest BCUT2D eigenvalue weighted by atomic mass is 9.93. The Hall–Kier alpha value is -0.820. The molecule has 1 aromatic carbocycles. The van der Waals surface area contributed by atoms with E-state index in [2.05, 4.69) is 45.0 Å². The van der Waals surface area contributed by atoms with Crippen molar-refractivity contribution >= 4 is 0 Å². The molecule has 0 aromatic heterocycles. The Morgan fingerprint density at radius 1 is 1.19 bits per heavy atom. The molecule has 0 aliphatic carbocycles. The molecule has 0 amide bonds. The van der Waals surface area contributed by atoms with Gasteiger partial charge in [0, 0.05) is 0 Å². The summed E-state index contributed by atoms with van der Waals surface area (Å²) in [5.41, 5.74) is 2.63. The first-order chi connectivity index (χ1) is 7.63. The molecule has 1 heteroatoms. The second-order valence-electron chi connectivity index (χ2n) is 4.84. The zero-order valence-corrected chi connectivity index (χ0v) is 10.7. The van der Waals surface area contributed by atoms with Gasteiger partial charge >= 0.3 is 0 Å². The predicted octanol–water partition coefficient (Wildman–Crippen LogP) is 4.04. The number of hydrogen-bond donors (Lipinski definition) is 1. The first-order valence-electron chi connectivity index (χ1n) is 6.38. The summed E-state index contributed by atoms with van der Waals surface area (Å²) in [5, 5.41) is 9.87. The maximum Gasteiger partial charge on any atom is 0.0546 e. The minimum Gasteiger partial charge on any atom is -0.393 e. The monoisotopic (exact) mass is 220 g/mol.